The second-order valence-corrected chi connectivity index (χ2v) is 2.95. The van der Waals surface area contributed by atoms with Gasteiger partial charge in [-0.1, -0.05) is 0 Å². The number of rotatable bonds is 0. The Balaban J connectivity index is 0.000000292. The smallest absolute Gasteiger partial charge is 0.277 e. The van der Waals surface area contributed by atoms with Crippen LogP contribution in [0.4, 0.5) is 4.79 Å². The molecule has 1 rings (SSSR count). The Morgan fingerprint density at radius 1 is 1.00 bits per heavy atom. The minimum Gasteiger partial charge on any atom is -0.277 e. The van der Waals surface area contributed by atoms with Crippen LogP contribution in [0.15, 0.2) is 0 Å². The summed E-state index contributed by atoms with van der Waals surface area (Å²) < 4.78 is 31.6. The second-order valence-electron chi connectivity index (χ2n) is 2.05. The van der Waals surface area contributed by atoms with Crippen molar-refractivity contribution in [3.05, 3.63) is 0 Å². The molecule has 10 heteroatoms. The Kier molecular flexibility index (Phi) is 4.14. The highest BCUT2D eigenvalue weighted by Crippen LogP contribution is 1.85. The van der Waals surface area contributed by atoms with Crippen LogP contribution in [-0.4, -0.2) is 35.4 Å². The Morgan fingerprint density at radius 2 is 1.29 bits per heavy atom. The molecule has 0 atom stereocenters. The lowest BCUT2D eigenvalue weighted by molar-refractivity contribution is -0.129. The van der Waals surface area contributed by atoms with E-state index < -0.39 is 28.2 Å². The largest absolute Gasteiger partial charge is 0.394 e. The zero-order valence-corrected chi connectivity index (χ0v) is 7.37. The molecule has 1 fully saturated rings. The summed E-state index contributed by atoms with van der Waals surface area (Å²) in [4.78, 5) is 30.8. The maximum absolute atomic E-state index is 10.3. The third kappa shape index (κ3) is 8.58. The van der Waals surface area contributed by atoms with Gasteiger partial charge in [0.1, 0.15) is 6.42 Å². The first-order valence-corrected chi connectivity index (χ1v) is 4.41. The maximum atomic E-state index is 10.3. The summed E-state index contributed by atoms with van der Waals surface area (Å²) >= 11 is 0. The van der Waals surface area contributed by atoms with Gasteiger partial charge in [-0.3, -0.25) is 29.3 Å². The Morgan fingerprint density at radius 3 is 1.50 bits per heavy atom. The monoisotopic (exact) mass is 226 g/mol. The summed E-state index contributed by atoms with van der Waals surface area (Å²) in [6, 6.07) is -0.740. The van der Waals surface area contributed by atoms with Crippen molar-refractivity contribution in [2.45, 2.75) is 6.42 Å². The van der Waals surface area contributed by atoms with Gasteiger partial charge >= 0.3 is 16.4 Å². The van der Waals surface area contributed by atoms with Crippen LogP contribution in [-0.2, 0) is 20.0 Å². The van der Waals surface area contributed by atoms with Crippen molar-refractivity contribution in [3.63, 3.8) is 0 Å². The number of imide groups is 2. The van der Waals surface area contributed by atoms with Gasteiger partial charge in [0.05, 0.1) is 0 Å². The number of carbonyl (C=O) groups excluding carboxylic acids is 3. The highest BCUT2D eigenvalue weighted by atomic mass is 32.3. The van der Waals surface area contributed by atoms with E-state index in [1.54, 1.807) is 0 Å². The lowest BCUT2D eigenvalue weighted by atomic mass is 10.3. The Labute approximate surface area is 78.1 Å². The average molecular weight is 226 g/mol. The number of nitrogens with one attached hydrogen (secondary N) is 2. The molecule has 0 spiro atoms. The van der Waals surface area contributed by atoms with Crippen molar-refractivity contribution in [1.29, 1.82) is 0 Å². The average Bonchev–Trinajstić information content (AvgIpc) is 1.77. The van der Waals surface area contributed by atoms with Crippen LogP contribution < -0.4 is 10.6 Å². The molecule has 9 nitrogen and oxygen atoms in total. The van der Waals surface area contributed by atoms with Crippen molar-refractivity contribution >= 4 is 28.2 Å². The number of urea groups is 1. The first-order valence-electron chi connectivity index (χ1n) is 3.02. The first kappa shape index (κ1) is 12.5. The molecule has 0 aromatic carbocycles. The fraction of sp³-hybridized carbons (Fsp3) is 0.250. The molecule has 0 radical (unpaired) electrons. The van der Waals surface area contributed by atoms with Crippen LogP contribution in [0.2, 0.25) is 0 Å². The summed E-state index contributed by atoms with van der Waals surface area (Å²) in [6.45, 7) is 0. The van der Waals surface area contributed by atoms with E-state index in [-0.39, 0.29) is 6.42 Å². The van der Waals surface area contributed by atoms with Gasteiger partial charge in [0.15, 0.2) is 0 Å². The van der Waals surface area contributed by atoms with Gasteiger partial charge in [0.25, 0.3) is 0 Å². The lowest BCUT2D eigenvalue weighted by Gasteiger charge is -2.09. The van der Waals surface area contributed by atoms with E-state index >= 15 is 0 Å². The van der Waals surface area contributed by atoms with Crippen molar-refractivity contribution in [2.75, 3.05) is 0 Å². The number of hydrogen-bond donors (Lipinski definition) is 4. The molecule has 80 valence electrons. The van der Waals surface area contributed by atoms with E-state index in [0.29, 0.717) is 0 Å². The van der Waals surface area contributed by atoms with Gasteiger partial charge in [-0.2, -0.15) is 8.42 Å². The van der Waals surface area contributed by atoms with Crippen molar-refractivity contribution < 1.29 is 31.9 Å². The van der Waals surface area contributed by atoms with Crippen LogP contribution in [0.3, 0.4) is 0 Å². The highest BCUT2D eigenvalue weighted by Gasteiger charge is 2.20. The molecule has 0 saturated carbocycles. The zero-order chi connectivity index (χ0) is 11.4. The SMILES string of the molecule is O=C1CC(=O)NC(=O)N1.O=S(=O)(O)O. The predicted molar refractivity (Wildman–Crippen MR) is 40.5 cm³/mol. The van der Waals surface area contributed by atoms with Gasteiger partial charge in [-0.25, -0.2) is 4.79 Å². The minimum atomic E-state index is -4.67. The van der Waals surface area contributed by atoms with E-state index in [1.807, 2.05) is 10.6 Å². The topological polar surface area (TPSA) is 150 Å². The van der Waals surface area contributed by atoms with Crippen molar-refractivity contribution in [3.8, 4) is 0 Å². The molecule has 0 aliphatic carbocycles. The standard InChI is InChI=1S/C4H4N2O3.H2O4S/c7-2-1-3(8)6-4(9)5-2;1-5(2,3)4/h1H2,(H2,5,6,7,8,9);(H2,1,2,3,4). The molecule has 0 aromatic heterocycles. The Bertz CT molecular complexity index is 305. The van der Waals surface area contributed by atoms with E-state index in [0.717, 1.165) is 0 Å². The molecule has 4 N–H and O–H groups in total. The van der Waals surface area contributed by atoms with E-state index in [9.17, 15) is 14.4 Å². The summed E-state index contributed by atoms with van der Waals surface area (Å²) in [5.74, 6) is -1.10. The fourth-order valence-electron chi connectivity index (χ4n) is 0.519. The molecule has 0 bridgehead atoms. The minimum absolute atomic E-state index is 0.258. The molecule has 14 heavy (non-hydrogen) atoms. The Hall–Kier alpha value is -1.52. The summed E-state index contributed by atoms with van der Waals surface area (Å²) in [5.41, 5.74) is 0. The highest BCUT2D eigenvalue weighted by molar-refractivity contribution is 7.79. The van der Waals surface area contributed by atoms with Gasteiger partial charge in [-0.05, 0) is 0 Å². The summed E-state index contributed by atoms with van der Waals surface area (Å²) in [7, 11) is -4.67. The molecule has 0 aromatic rings. The molecule has 1 heterocycles. The summed E-state index contributed by atoms with van der Waals surface area (Å²) in [5, 5.41) is 3.80. The number of amides is 4. The van der Waals surface area contributed by atoms with Gasteiger partial charge in [-0.15, -0.1) is 0 Å². The number of carbonyl (C=O) groups is 3. The zero-order valence-electron chi connectivity index (χ0n) is 6.55. The van der Waals surface area contributed by atoms with Crippen LogP contribution in [0.25, 0.3) is 0 Å². The third-order valence-electron chi connectivity index (χ3n) is 0.827. The molecule has 1 aliphatic rings. The normalized spacial score (nSPS) is 16.3. The van der Waals surface area contributed by atoms with Gasteiger partial charge < -0.3 is 0 Å². The molecular formula is C4H6N2O7S. The third-order valence-corrected chi connectivity index (χ3v) is 0.827. The second kappa shape index (κ2) is 4.64. The molecule has 1 aliphatic heterocycles. The first-order chi connectivity index (χ1) is 6.18. The fourth-order valence-corrected chi connectivity index (χ4v) is 0.519. The molecular weight excluding hydrogens is 220 g/mol. The van der Waals surface area contributed by atoms with Crippen LogP contribution in [0.5, 0.6) is 0 Å². The molecule has 0 unspecified atom stereocenters. The maximum Gasteiger partial charge on any atom is 0.394 e. The van der Waals surface area contributed by atoms with Crippen molar-refractivity contribution in [1.82, 2.24) is 10.6 Å². The molecule has 4 amide bonds. The summed E-state index contributed by atoms with van der Waals surface area (Å²) in [6.07, 6.45) is -0.258. The van der Waals surface area contributed by atoms with Gasteiger partial charge in [0, 0.05) is 0 Å². The van der Waals surface area contributed by atoms with Crippen LogP contribution in [0.1, 0.15) is 6.42 Å². The lowest BCUT2D eigenvalue weighted by Crippen LogP contribution is -2.49. The van der Waals surface area contributed by atoms with Crippen LogP contribution >= 0.6 is 0 Å². The van der Waals surface area contributed by atoms with E-state index in [2.05, 4.69) is 0 Å². The van der Waals surface area contributed by atoms with E-state index in [4.69, 9.17) is 17.5 Å². The number of hydrogen-bond acceptors (Lipinski definition) is 5. The van der Waals surface area contributed by atoms with Crippen LogP contribution in [0, 0.1) is 0 Å². The molecule has 1 saturated heterocycles. The van der Waals surface area contributed by atoms with Gasteiger partial charge in [0.2, 0.25) is 11.8 Å². The number of barbiturate groups is 1. The quantitative estimate of drug-likeness (QED) is 0.278. The van der Waals surface area contributed by atoms with Crippen molar-refractivity contribution in [2.24, 2.45) is 0 Å². The van der Waals surface area contributed by atoms with E-state index in [1.165, 1.54) is 0 Å². The predicted octanol–water partition coefficient (Wildman–Crippen LogP) is -1.91.